The van der Waals surface area contributed by atoms with Crippen molar-refractivity contribution in [3.05, 3.63) is 78.5 Å². The number of aliphatic hydroxyl groups is 1. The molecule has 3 N–H and O–H groups in total. The number of aryl methyl sites for hydroxylation is 2. The van der Waals surface area contributed by atoms with E-state index in [1.54, 1.807) is 26.0 Å². The Hall–Kier alpha value is -3.77. The Morgan fingerprint density at radius 2 is 1.21 bits per heavy atom. The molecule has 2 aromatic heterocycles. The number of phenolic OH excluding ortho intramolecular Hbond substituents is 2. The molecule has 1 atom stereocenters. The van der Waals surface area contributed by atoms with Gasteiger partial charge in [0.1, 0.15) is 39.8 Å². The number of carbonyl (C=O) groups is 1. The number of fused-ring (bicyclic) bond motifs is 6. The molecule has 0 saturated carbocycles. The molecule has 0 fully saturated rings. The first kappa shape index (κ1) is 42.6. The second kappa shape index (κ2) is 16.5. The van der Waals surface area contributed by atoms with Crippen molar-refractivity contribution < 1.29 is 69.4 Å². The van der Waals surface area contributed by atoms with Crippen LogP contribution in [0.3, 0.4) is 0 Å². The Bertz CT molecular complexity index is 2180. The molecule has 6 rings (SSSR count). The molecule has 0 amide bonds. The molecule has 2 aliphatic heterocycles. The first-order valence-electron chi connectivity index (χ1n) is 17.3. The minimum atomic E-state index is -0.934. The van der Waals surface area contributed by atoms with E-state index in [9.17, 15) is 29.7 Å². The molecular weight excluding hydrogens is 674 g/mol. The standard InChI is InChI=1S/C20H24O5.C20H22O5.B.Na.H/c2*1-5-7-11-10-14(22)24-19-15(11)18-12(8-9-20(3,4)25-18)17(23)16(19)13(21)6-2;;;/h8-10,13,21,23H,5-7H2,1-4H3;8-10,23H,5-7H2,1-4H3;;;/q;;;+1;-1. The van der Waals surface area contributed by atoms with Crippen LogP contribution in [-0.4, -0.2) is 40.7 Å². The Morgan fingerprint density at radius 1 is 0.769 bits per heavy atom. The zero-order chi connectivity index (χ0) is 36.7. The average Bonchev–Trinajstić information content (AvgIpc) is 3.03. The van der Waals surface area contributed by atoms with Crippen LogP contribution < -0.4 is 50.3 Å². The van der Waals surface area contributed by atoms with Gasteiger partial charge in [0.25, 0.3) is 0 Å². The third-order valence-corrected chi connectivity index (χ3v) is 8.89. The average molecular weight is 722 g/mol. The Kier molecular flexibility index (Phi) is 13.5. The number of ether oxygens (including phenoxy) is 2. The molecule has 3 radical (unpaired) electrons. The monoisotopic (exact) mass is 721 g/mol. The molecule has 0 aliphatic carbocycles. The van der Waals surface area contributed by atoms with Crippen LogP contribution in [0.4, 0.5) is 0 Å². The maximum atomic E-state index is 12.5. The topological polar surface area (TPSA) is 157 Å². The van der Waals surface area contributed by atoms with Gasteiger partial charge in [-0.05, 0) is 82.4 Å². The number of hydrogen-bond donors (Lipinski definition) is 3. The van der Waals surface area contributed by atoms with Gasteiger partial charge in [0.15, 0.2) is 16.9 Å². The summed E-state index contributed by atoms with van der Waals surface area (Å²) < 4.78 is 23.0. The molecule has 52 heavy (non-hydrogen) atoms. The molecule has 12 heteroatoms. The molecule has 0 bridgehead atoms. The minimum Gasteiger partial charge on any atom is -1.00 e. The first-order chi connectivity index (χ1) is 23.6. The van der Waals surface area contributed by atoms with E-state index in [0.717, 1.165) is 24.0 Å². The first-order valence-corrected chi connectivity index (χ1v) is 17.3. The van der Waals surface area contributed by atoms with Crippen LogP contribution in [0.25, 0.3) is 34.1 Å². The quantitative estimate of drug-likeness (QED) is 0.128. The molecule has 0 saturated heterocycles. The van der Waals surface area contributed by atoms with Gasteiger partial charge in [-0.15, -0.1) is 0 Å². The summed E-state index contributed by atoms with van der Waals surface area (Å²) in [6.07, 6.45) is 9.90. The number of aromatic hydroxyl groups is 2. The van der Waals surface area contributed by atoms with Crippen molar-refractivity contribution in [2.24, 2.45) is 0 Å². The molecule has 2 aromatic carbocycles. The van der Waals surface area contributed by atoms with Crippen molar-refractivity contribution in [2.45, 2.75) is 111 Å². The van der Waals surface area contributed by atoms with Gasteiger partial charge in [0.2, 0.25) is 0 Å². The van der Waals surface area contributed by atoms with Crippen LogP contribution in [0, 0.1) is 0 Å². The third-order valence-electron chi connectivity index (χ3n) is 8.89. The smallest absolute Gasteiger partial charge is 1.00 e. The third kappa shape index (κ3) is 8.08. The number of benzene rings is 2. The summed E-state index contributed by atoms with van der Waals surface area (Å²) in [7, 11) is 0. The fourth-order valence-electron chi connectivity index (χ4n) is 6.49. The van der Waals surface area contributed by atoms with E-state index in [4.69, 9.17) is 18.3 Å². The van der Waals surface area contributed by atoms with E-state index in [1.807, 2.05) is 53.7 Å². The maximum Gasteiger partial charge on any atom is 1.00 e. The number of ketones is 1. The molecule has 0 spiro atoms. The number of Topliss-reactive ketones (excluding diaryl/α,β-unsaturated/α-hetero) is 1. The van der Waals surface area contributed by atoms with E-state index in [-0.39, 0.29) is 85.4 Å². The van der Waals surface area contributed by atoms with Crippen molar-refractivity contribution in [1.29, 1.82) is 0 Å². The van der Waals surface area contributed by atoms with E-state index in [1.165, 1.54) is 12.1 Å². The van der Waals surface area contributed by atoms with Crippen LogP contribution in [0.1, 0.15) is 127 Å². The predicted molar refractivity (Wildman–Crippen MR) is 201 cm³/mol. The summed E-state index contributed by atoms with van der Waals surface area (Å²) in [6.45, 7) is 15.2. The Balaban J connectivity index is 0.000000347. The second-order valence-electron chi connectivity index (χ2n) is 13.8. The van der Waals surface area contributed by atoms with Gasteiger partial charge >= 0.3 is 40.8 Å². The zero-order valence-corrected chi connectivity index (χ0v) is 33.6. The summed E-state index contributed by atoms with van der Waals surface area (Å²) in [6, 6.07) is 2.91. The molecule has 2 aliphatic rings. The minimum absolute atomic E-state index is 0. The number of aliphatic hydroxyl groups excluding tert-OH is 1. The Morgan fingerprint density at radius 3 is 1.65 bits per heavy atom. The van der Waals surface area contributed by atoms with Gasteiger partial charge in [-0.2, -0.15) is 0 Å². The van der Waals surface area contributed by atoms with Gasteiger partial charge in [-0.1, -0.05) is 40.5 Å². The van der Waals surface area contributed by atoms with Crippen molar-refractivity contribution >= 4 is 48.3 Å². The summed E-state index contributed by atoms with van der Waals surface area (Å²) in [5.74, 6) is 0.387. The molecule has 4 aromatic rings. The SMILES string of the molecule is CCCc1cc(=O)oc2c(C(=O)CC)c(O)c3c(c12)OC(C)(C)C=C3.CCCc1cc(=O)oc2c(C(O)CC)c(O)c3c(c12)OC(C)(C)C=C3.[B].[H-].[Na+]. The largest absolute Gasteiger partial charge is 1.00 e. The Labute approximate surface area is 328 Å². The van der Waals surface area contributed by atoms with Crippen LogP contribution in [0.5, 0.6) is 23.0 Å². The van der Waals surface area contributed by atoms with Crippen molar-refractivity contribution in [1.82, 2.24) is 0 Å². The van der Waals surface area contributed by atoms with Crippen LogP contribution in [0.15, 0.2) is 42.7 Å². The van der Waals surface area contributed by atoms with Gasteiger partial charge in [0.05, 0.1) is 33.6 Å². The fourth-order valence-corrected chi connectivity index (χ4v) is 6.49. The van der Waals surface area contributed by atoms with Gasteiger partial charge in [0, 0.05) is 27.0 Å². The molecule has 10 nitrogen and oxygen atoms in total. The normalized spacial score (nSPS) is 15.2. The van der Waals surface area contributed by atoms with Gasteiger partial charge < -0.3 is 35.1 Å². The van der Waals surface area contributed by atoms with Crippen molar-refractivity contribution in [3.8, 4) is 23.0 Å². The summed E-state index contributed by atoms with van der Waals surface area (Å²) in [5, 5.41) is 33.2. The van der Waals surface area contributed by atoms with Crippen LogP contribution in [-0.2, 0) is 12.8 Å². The summed E-state index contributed by atoms with van der Waals surface area (Å²) >= 11 is 0. The molecule has 271 valence electrons. The van der Waals surface area contributed by atoms with Crippen molar-refractivity contribution in [3.63, 3.8) is 0 Å². The zero-order valence-electron chi connectivity index (χ0n) is 32.6. The van der Waals surface area contributed by atoms with Crippen LogP contribution in [0.2, 0.25) is 0 Å². The van der Waals surface area contributed by atoms with Gasteiger partial charge in [-0.3, -0.25) is 4.79 Å². The summed E-state index contributed by atoms with van der Waals surface area (Å²) in [5.41, 5.74) is 1.03. The summed E-state index contributed by atoms with van der Waals surface area (Å²) in [4.78, 5) is 36.6. The van der Waals surface area contributed by atoms with Crippen LogP contribution >= 0.6 is 0 Å². The number of hydrogen-bond acceptors (Lipinski definition) is 10. The predicted octanol–water partition coefficient (Wildman–Crippen LogP) is 5.04. The molecular formula is C40H47BNaO10. The van der Waals surface area contributed by atoms with E-state index < -0.39 is 28.6 Å². The number of rotatable bonds is 8. The van der Waals surface area contributed by atoms with E-state index in [2.05, 4.69) is 0 Å². The van der Waals surface area contributed by atoms with Crippen molar-refractivity contribution in [2.75, 3.05) is 0 Å². The fraction of sp³-hybridized carbons (Fsp3) is 0.425. The number of carbonyl (C=O) groups excluding carboxylic acids is 1. The van der Waals surface area contributed by atoms with Gasteiger partial charge in [-0.25, -0.2) is 9.59 Å². The number of phenols is 2. The second-order valence-corrected chi connectivity index (χ2v) is 13.8. The maximum absolute atomic E-state index is 12.5. The molecule has 4 heterocycles. The molecule has 1 unspecified atom stereocenters. The van der Waals surface area contributed by atoms with E-state index >= 15 is 0 Å². The van der Waals surface area contributed by atoms with E-state index in [0.29, 0.717) is 52.7 Å².